The lowest BCUT2D eigenvalue weighted by atomic mass is 10.0. The Labute approximate surface area is 120 Å². The molecule has 1 unspecified atom stereocenters. The van der Waals surface area contributed by atoms with Gasteiger partial charge in [-0.3, -0.25) is 4.79 Å². The molecule has 1 atom stereocenters. The van der Waals surface area contributed by atoms with Crippen LogP contribution in [0.25, 0.3) is 0 Å². The fourth-order valence-corrected chi connectivity index (χ4v) is 2.68. The van der Waals surface area contributed by atoms with E-state index in [4.69, 9.17) is 5.26 Å². The Morgan fingerprint density at radius 2 is 2.40 bits per heavy atom. The second kappa shape index (κ2) is 7.06. The zero-order valence-electron chi connectivity index (χ0n) is 11.9. The molecule has 0 saturated carbocycles. The van der Waals surface area contributed by atoms with E-state index in [0.29, 0.717) is 11.1 Å². The summed E-state index contributed by atoms with van der Waals surface area (Å²) in [5.41, 5.74) is 1.15. The smallest absolute Gasteiger partial charge is 0.254 e. The highest BCUT2D eigenvalue weighted by molar-refractivity contribution is 5.94. The van der Waals surface area contributed by atoms with E-state index in [1.807, 2.05) is 4.90 Å². The zero-order chi connectivity index (χ0) is 14.4. The number of amides is 1. The maximum Gasteiger partial charge on any atom is 0.254 e. The first-order valence-electron chi connectivity index (χ1n) is 7.28. The molecular formula is C16H21N3O. The molecule has 1 heterocycles. The molecule has 0 bridgehead atoms. The van der Waals surface area contributed by atoms with Crippen molar-refractivity contribution in [2.45, 2.75) is 32.2 Å². The van der Waals surface area contributed by atoms with E-state index < -0.39 is 0 Å². The lowest BCUT2D eigenvalue weighted by Gasteiger charge is -2.34. The molecule has 1 fully saturated rings. The van der Waals surface area contributed by atoms with Crippen molar-refractivity contribution in [1.29, 1.82) is 5.26 Å². The summed E-state index contributed by atoms with van der Waals surface area (Å²) in [4.78, 5) is 14.7. The molecule has 4 heteroatoms. The summed E-state index contributed by atoms with van der Waals surface area (Å²) in [5.74, 6) is 0.0395. The van der Waals surface area contributed by atoms with Crippen LogP contribution in [-0.4, -0.2) is 36.5 Å². The van der Waals surface area contributed by atoms with Crippen molar-refractivity contribution in [3.8, 4) is 6.07 Å². The highest BCUT2D eigenvalue weighted by atomic mass is 16.2. The topological polar surface area (TPSA) is 56.1 Å². The van der Waals surface area contributed by atoms with Gasteiger partial charge in [0.15, 0.2) is 0 Å². The van der Waals surface area contributed by atoms with Crippen molar-refractivity contribution in [1.82, 2.24) is 10.2 Å². The largest absolute Gasteiger partial charge is 0.334 e. The van der Waals surface area contributed by atoms with Crippen LogP contribution in [0.15, 0.2) is 24.3 Å². The summed E-state index contributed by atoms with van der Waals surface area (Å²) in [6, 6.07) is 9.33. The maximum absolute atomic E-state index is 12.7. The second-order valence-corrected chi connectivity index (χ2v) is 5.19. The number of hydrogen-bond donors (Lipinski definition) is 1. The molecule has 0 aromatic heterocycles. The third-order valence-electron chi connectivity index (χ3n) is 3.68. The van der Waals surface area contributed by atoms with Crippen molar-refractivity contribution >= 4 is 5.91 Å². The number of nitrogens with zero attached hydrogens (tertiary/aromatic N) is 2. The van der Waals surface area contributed by atoms with Crippen LogP contribution in [0.2, 0.25) is 0 Å². The highest BCUT2D eigenvalue weighted by Gasteiger charge is 2.25. The van der Waals surface area contributed by atoms with Gasteiger partial charge in [-0.25, -0.2) is 0 Å². The summed E-state index contributed by atoms with van der Waals surface area (Å²) < 4.78 is 0. The van der Waals surface area contributed by atoms with Crippen LogP contribution in [0, 0.1) is 11.3 Å². The molecule has 4 nitrogen and oxygen atoms in total. The molecule has 1 N–H and O–H groups in total. The fourth-order valence-electron chi connectivity index (χ4n) is 2.68. The average Bonchev–Trinajstić information content (AvgIpc) is 2.53. The number of carbonyl (C=O) groups is 1. The van der Waals surface area contributed by atoms with Gasteiger partial charge < -0.3 is 10.2 Å². The van der Waals surface area contributed by atoms with Gasteiger partial charge in [0.25, 0.3) is 5.91 Å². The Bertz CT molecular complexity index is 501. The number of nitriles is 1. The van der Waals surface area contributed by atoms with Crippen LogP contribution < -0.4 is 5.32 Å². The zero-order valence-corrected chi connectivity index (χ0v) is 11.9. The second-order valence-electron chi connectivity index (χ2n) is 5.19. The monoisotopic (exact) mass is 271 g/mol. The van der Waals surface area contributed by atoms with Crippen LogP contribution in [-0.2, 0) is 0 Å². The SMILES string of the molecule is CCCN(C(=O)c1cccc(C#N)c1)C1CCCNC1. The number of hydrogen-bond acceptors (Lipinski definition) is 3. The minimum atomic E-state index is 0.0395. The minimum Gasteiger partial charge on any atom is -0.334 e. The summed E-state index contributed by atoms with van der Waals surface area (Å²) in [7, 11) is 0. The van der Waals surface area contributed by atoms with Crippen LogP contribution in [0.5, 0.6) is 0 Å². The number of benzene rings is 1. The highest BCUT2D eigenvalue weighted by Crippen LogP contribution is 2.16. The molecule has 1 aliphatic heterocycles. The van der Waals surface area contributed by atoms with Crippen molar-refractivity contribution in [2.75, 3.05) is 19.6 Å². The molecular weight excluding hydrogens is 250 g/mol. The van der Waals surface area contributed by atoms with Crippen molar-refractivity contribution < 1.29 is 4.79 Å². The predicted octanol–water partition coefficient (Wildman–Crippen LogP) is 2.16. The molecule has 1 amide bonds. The first-order valence-corrected chi connectivity index (χ1v) is 7.28. The lowest BCUT2D eigenvalue weighted by molar-refractivity contribution is 0.0649. The molecule has 1 aliphatic rings. The summed E-state index contributed by atoms with van der Waals surface area (Å²) >= 11 is 0. The average molecular weight is 271 g/mol. The van der Waals surface area contributed by atoms with Crippen LogP contribution in [0.1, 0.15) is 42.1 Å². The van der Waals surface area contributed by atoms with E-state index in [1.165, 1.54) is 0 Å². The van der Waals surface area contributed by atoms with E-state index in [2.05, 4.69) is 18.3 Å². The third-order valence-corrected chi connectivity index (χ3v) is 3.68. The van der Waals surface area contributed by atoms with Gasteiger partial charge in [-0.1, -0.05) is 13.0 Å². The molecule has 2 rings (SSSR count). The molecule has 1 aromatic rings. The Balaban J connectivity index is 2.19. The van der Waals surface area contributed by atoms with Gasteiger partial charge >= 0.3 is 0 Å². The Kier molecular flexibility index (Phi) is 5.14. The number of nitrogens with one attached hydrogen (secondary N) is 1. The summed E-state index contributed by atoms with van der Waals surface area (Å²) in [6.45, 7) is 4.75. The van der Waals surface area contributed by atoms with Gasteiger partial charge in [-0.15, -0.1) is 0 Å². The van der Waals surface area contributed by atoms with Crippen molar-refractivity contribution in [3.05, 3.63) is 35.4 Å². The Hall–Kier alpha value is -1.86. The third kappa shape index (κ3) is 3.37. The molecule has 1 saturated heterocycles. The van der Waals surface area contributed by atoms with Gasteiger partial charge in [-0.05, 0) is 44.0 Å². The molecule has 1 aromatic carbocycles. The first-order chi connectivity index (χ1) is 9.76. The minimum absolute atomic E-state index is 0.0395. The Morgan fingerprint density at radius 3 is 3.05 bits per heavy atom. The fraction of sp³-hybridized carbons (Fsp3) is 0.500. The Morgan fingerprint density at radius 1 is 1.55 bits per heavy atom. The maximum atomic E-state index is 12.7. The van der Waals surface area contributed by atoms with Gasteiger partial charge in [0.2, 0.25) is 0 Å². The van der Waals surface area contributed by atoms with Crippen LogP contribution in [0.3, 0.4) is 0 Å². The molecule has 0 radical (unpaired) electrons. The molecule has 0 aliphatic carbocycles. The van der Waals surface area contributed by atoms with Gasteiger partial charge in [0.1, 0.15) is 0 Å². The van der Waals surface area contributed by atoms with Crippen LogP contribution >= 0.6 is 0 Å². The van der Waals surface area contributed by atoms with E-state index in [1.54, 1.807) is 24.3 Å². The molecule has 0 spiro atoms. The van der Waals surface area contributed by atoms with Crippen LogP contribution in [0.4, 0.5) is 0 Å². The molecule has 20 heavy (non-hydrogen) atoms. The van der Waals surface area contributed by atoms with Gasteiger partial charge in [-0.2, -0.15) is 5.26 Å². The van der Waals surface area contributed by atoms with Crippen molar-refractivity contribution in [2.24, 2.45) is 0 Å². The standard InChI is InChI=1S/C16H21N3O/c1-2-9-19(15-7-4-8-18-12-15)16(20)14-6-3-5-13(10-14)11-17/h3,5-6,10,15,18H,2,4,7-9,12H2,1H3. The van der Waals surface area contributed by atoms with E-state index in [-0.39, 0.29) is 11.9 Å². The summed E-state index contributed by atoms with van der Waals surface area (Å²) in [6.07, 6.45) is 3.10. The number of piperidine rings is 1. The van der Waals surface area contributed by atoms with E-state index in [0.717, 1.165) is 38.9 Å². The van der Waals surface area contributed by atoms with E-state index in [9.17, 15) is 4.79 Å². The summed E-state index contributed by atoms with van der Waals surface area (Å²) in [5, 5.41) is 12.3. The quantitative estimate of drug-likeness (QED) is 0.913. The number of rotatable bonds is 4. The predicted molar refractivity (Wildman–Crippen MR) is 78.4 cm³/mol. The normalized spacial score (nSPS) is 18.3. The number of carbonyl (C=O) groups excluding carboxylic acids is 1. The van der Waals surface area contributed by atoms with Gasteiger partial charge in [0.05, 0.1) is 11.6 Å². The van der Waals surface area contributed by atoms with Gasteiger partial charge in [0, 0.05) is 24.7 Å². The first kappa shape index (κ1) is 14.5. The van der Waals surface area contributed by atoms with E-state index >= 15 is 0 Å². The lowest BCUT2D eigenvalue weighted by Crippen LogP contribution is -2.49. The molecule has 106 valence electrons. The van der Waals surface area contributed by atoms with Crippen molar-refractivity contribution in [3.63, 3.8) is 0 Å².